The lowest BCUT2D eigenvalue weighted by molar-refractivity contribution is -0.136. The average Bonchev–Trinajstić information content (AvgIpc) is 2.10. The maximum Gasteiger partial charge on any atom is 0.307 e. The van der Waals surface area contributed by atoms with E-state index in [0.29, 0.717) is 22.8 Å². The second-order valence-electron chi connectivity index (χ2n) is 2.77. The Bertz CT molecular complexity index is 336. The maximum atomic E-state index is 10.6. The number of hydrogen-bond acceptors (Lipinski definition) is 3. The van der Waals surface area contributed by atoms with Gasteiger partial charge in [0.2, 0.25) is 0 Å². The van der Waals surface area contributed by atoms with Crippen molar-refractivity contribution in [1.82, 2.24) is 0 Å². The first kappa shape index (κ1) is 10.9. The zero-order chi connectivity index (χ0) is 10.6. The highest BCUT2D eigenvalue weighted by molar-refractivity contribution is 7.80. The largest absolute Gasteiger partial charge is 0.492 e. The van der Waals surface area contributed by atoms with Crippen molar-refractivity contribution in [1.29, 1.82) is 0 Å². The molecule has 0 radical (unpaired) electrons. The van der Waals surface area contributed by atoms with Gasteiger partial charge in [0, 0.05) is 10.5 Å². The number of para-hydroxylation sites is 1. The highest BCUT2D eigenvalue weighted by Crippen LogP contribution is 2.27. The second-order valence-corrected chi connectivity index (χ2v) is 3.25. The molecule has 0 fully saturated rings. The molecule has 0 saturated carbocycles. The number of carbonyl (C=O) groups is 1. The minimum atomic E-state index is -0.870. The lowest BCUT2D eigenvalue weighted by Crippen LogP contribution is -2.04. The van der Waals surface area contributed by atoms with E-state index in [4.69, 9.17) is 9.84 Å². The highest BCUT2D eigenvalue weighted by atomic mass is 32.1. The minimum absolute atomic E-state index is 0.0380. The monoisotopic (exact) mass is 212 g/mol. The third kappa shape index (κ3) is 2.67. The molecule has 76 valence electrons. The van der Waals surface area contributed by atoms with Gasteiger partial charge in [0.25, 0.3) is 0 Å². The van der Waals surface area contributed by atoms with E-state index < -0.39 is 5.97 Å². The molecule has 0 aliphatic heterocycles. The quantitative estimate of drug-likeness (QED) is 0.750. The Morgan fingerprint density at radius 2 is 2.29 bits per heavy atom. The van der Waals surface area contributed by atoms with Crippen molar-refractivity contribution in [2.45, 2.75) is 18.2 Å². The lowest BCUT2D eigenvalue weighted by Gasteiger charge is -2.10. The number of rotatable bonds is 4. The summed E-state index contributed by atoms with van der Waals surface area (Å²) in [5, 5.41) is 8.67. The second kappa shape index (κ2) is 4.91. The summed E-state index contributed by atoms with van der Waals surface area (Å²) in [5.41, 5.74) is 0.659. The molecule has 14 heavy (non-hydrogen) atoms. The zero-order valence-corrected chi connectivity index (χ0v) is 8.75. The topological polar surface area (TPSA) is 46.5 Å². The molecule has 0 heterocycles. The SMILES string of the molecule is CCOc1c(S)cccc1CC(=O)O. The van der Waals surface area contributed by atoms with Crippen molar-refractivity contribution in [3.05, 3.63) is 23.8 Å². The van der Waals surface area contributed by atoms with E-state index in [9.17, 15) is 4.79 Å². The van der Waals surface area contributed by atoms with Gasteiger partial charge in [-0.25, -0.2) is 0 Å². The smallest absolute Gasteiger partial charge is 0.307 e. The summed E-state index contributed by atoms with van der Waals surface area (Å²) in [6, 6.07) is 5.28. The molecule has 1 aromatic carbocycles. The van der Waals surface area contributed by atoms with Crippen molar-refractivity contribution >= 4 is 18.6 Å². The molecular weight excluding hydrogens is 200 g/mol. The molecule has 0 unspecified atom stereocenters. The minimum Gasteiger partial charge on any atom is -0.492 e. The van der Waals surface area contributed by atoms with E-state index in [1.807, 2.05) is 6.92 Å². The van der Waals surface area contributed by atoms with Gasteiger partial charge in [-0.05, 0) is 13.0 Å². The average molecular weight is 212 g/mol. The van der Waals surface area contributed by atoms with Gasteiger partial charge in [-0.2, -0.15) is 0 Å². The Balaban J connectivity index is 3.01. The molecule has 0 aliphatic rings. The zero-order valence-electron chi connectivity index (χ0n) is 7.86. The standard InChI is InChI=1S/C10H12O3S/c1-2-13-10-7(6-9(11)12)4-3-5-8(10)14/h3-5,14H,2,6H2,1H3,(H,11,12). The molecule has 3 nitrogen and oxygen atoms in total. The molecule has 0 aromatic heterocycles. The third-order valence-corrected chi connectivity index (χ3v) is 2.06. The summed E-state index contributed by atoms with van der Waals surface area (Å²) in [7, 11) is 0. The molecule has 0 saturated heterocycles. The summed E-state index contributed by atoms with van der Waals surface area (Å²) >= 11 is 4.21. The molecular formula is C10H12O3S. The van der Waals surface area contributed by atoms with Crippen LogP contribution in [0, 0.1) is 0 Å². The van der Waals surface area contributed by atoms with Crippen LogP contribution in [0.4, 0.5) is 0 Å². The molecule has 1 aromatic rings. The van der Waals surface area contributed by atoms with Gasteiger partial charge in [0.1, 0.15) is 5.75 Å². The van der Waals surface area contributed by atoms with E-state index >= 15 is 0 Å². The first-order chi connectivity index (χ1) is 6.65. The number of thiol groups is 1. The van der Waals surface area contributed by atoms with Crippen LogP contribution >= 0.6 is 12.6 Å². The van der Waals surface area contributed by atoms with Crippen molar-refractivity contribution in [2.75, 3.05) is 6.61 Å². The Hall–Kier alpha value is -1.16. The molecule has 0 bridgehead atoms. The highest BCUT2D eigenvalue weighted by Gasteiger charge is 2.09. The van der Waals surface area contributed by atoms with Gasteiger partial charge < -0.3 is 9.84 Å². The third-order valence-electron chi connectivity index (χ3n) is 1.71. The van der Waals surface area contributed by atoms with Crippen LogP contribution in [0.2, 0.25) is 0 Å². The fraction of sp³-hybridized carbons (Fsp3) is 0.300. The Kier molecular flexibility index (Phi) is 3.83. The number of hydrogen-bond donors (Lipinski definition) is 2. The summed E-state index contributed by atoms with van der Waals surface area (Å²) in [4.78, 5) is 11.2. The Morgan fingerprint density at radius 3 is 2.86 bits per heavy atom. The van der Waals surface area contributed by atoms with Crippen molar-refractivity contribution in [2.24, 2.45) is 0 Å². The van der Waals surface area contributed by atoms with E-state index in [-0.39, 0.29) is 6.42 Å². The fourth-order valence-electron chi connectivity index (χ4n) is 1.18. The van der Waals surface area contributed by atoms with Gasteiger partial charge in [-0.15, -0.1) is 12.6 Å². The van der Waals surface area contributed by atoms with Gasteiger partial charge in [0.05, 0.1) is 13.0 Å². The van der Waals surface area contributed by atoms with Gasteiger partial charge in [0.15, 0.2) is 0 Å². The number of ether oxygens (including phenoxy) is 1. The van der Waals surface area contributed by atoms with Crippen molar-refractivity contribution < 1.29 is 14.6 Å². The van der Waals surface area contributed by atoms with E-state index in [1.165, 1.54) is 0 Å². The molecule has 4 heteroatoms. The first-order valence-corrected chi connectivity index (χ1v) is 4.75. The molecule has 0 amide bonds. The number of carboxylic acid groups (broad SMARTS) is 1. The van der Waals surface area contributed by atoms with Crippen LogP contribution in [0.5, 0.6) is 5.75 Å². The van der Waals surface area contributed by atoms with E-state index in [1.54, 1.807) is 18.2 Å². The first-order valence-electron chi connectivity index (χ1n) is 4.30. The van der Waals surface area contributed by atoms with Crippen molar-refractivity contribution in [3.63, 3.8) is 0 Å². The summed E-state index contributed by atoms with van der Waals surface area (Å²) in [5.74, 6) is -0.300. The molecule has 0 spiro atoms. The van der Waals surface area contributed by atoms with Crippen LogP contribution < -0.4 is 4.74 Å². The Morgan fingerprint density at radius 1 is 1.57 bits per heavy atom. The maximum absolute atomic E-state index is 10.6. The van der Waals surface area contributed by atoms with Crippen LogP contribution in [0.25, 0.3) is 0 Å². The van der Waals surface area contributed by atoms with Crippen LogP contribution in [0.3, 0.4) is 0 Å². The van der Waals surface area contributed by atoms with Gasteiger partial charge in [-0.1, -0.05) is 12.1 Å². The van der Waals surface area contributed by atoms with Crippen LogP contribution in [0.15, 0.2) is 23.1 Å². The normalized spacial score (nSPS) is 9.86. The van der Waals surface area contributed by atoms with Gasteiger partial charge >= 0.3 is 5.97 Å². The van der Waals surface area contributed by atoms with E-state index in [2.05, 4.69) is 12.6 Å². The van der Waals surface area contributed by atoms with Crippen LogP contribution in [-0.2, 0) is 11.2 Å². The molecule has 1 rings (SSSR count). The summed E-state index contributed by atoms with van der Waals surface area (Å²) in [6.45, 7) is 2.36. The predicted octanol–water partition coefficient (Wildman–Crippen LogP) is 2.00. The van der Waals surface area contributed by atoms with Crippen LogP contribution in [-0.4, -0.2) is 17.7 Å². The summed E-state index contributed by atoms with van der Waals surface area (Å²) in [6.07, 6.45) is -0.0380. The van der Waals surface area contributed by atoms with Crippen molar-refractivity contribution in [3.8, 4) is 5.75 Å². The lowest BCUT2D eigenvalue weighted by atomic mass is 10.1. The molecule has 0 atom stereocenters. The number of benzene rings is 1. The molecule has 0 aliphatic carbocycles. The van der Waals surface area contributed by atoms with E-state index in [0.717, 1.165) is 0 Å². The number of aliphatic carboxylic acids is 1. The molecule has 1 N–H and O–H groups in total. The Labute approximate surface area is 88.1 Å². The number of carboxylic acids is 1. The summed E-state index contributed by atoms with van der Waals surface area (Å²) < 4.78 is 5.33. The fourth-order valence-corrected chi connectivity index (χ4v) is 1.48. The predicted molar refractivity (Wildman–Crippen MR) is 56.2 cm³/mol. The van der Waals surface area contributed by atoms with Gasteiger partial charge in [-0.3, -0.25) is 4.79 Å². The van der Waals surface area contributed by atoms with Crippen LogP contribution in [0.1, 0.15) is 12.5 Å².